The molecule has 1 aliphatic rings. The molecule has 2 rings (SSSR count). The van der Waals surface area contributed by atoms with E-state index in [1.807, 2.05) is 4.68 Å². The molecule has 0 saturated carbocycles. The van der Waals surface area contributed by atoms with Crippen LogP contribution in [-0.2, 0) is 6.54 Å². The molecule has 0 aromatic carbocycles. The maximum Gasteiger partial charge on any atom is 0.209 e. The number of hydrogen-bond donors (Lipinski definition) is 1. The molecule has 0 bridgehead atoms. The average Bonchev–Trinajstić information content (AvgIpc) is 3.06. The zero-order valence-electron chi connectivity index (χ0n) is 12.6. The highest BCUT2D eigenvalue weighted by molar-refractivity contribution is 7.99. The number of likely N-dealkylation sites (tertiary alicyclic amines) is 1. The van der Waals surface area contributed by atoms with Crippen molar-refractivity contribution in [2.75, 3.05) is 31.9 Å². The van der Waals surface area contributed by atoms with Crippen molar-refractivity contribution in [2.45, 2.75) is 50.9 Å². The summed E-state index contributed by atoms with van der Waals surface area (Å²) in [6.45, 7) is 9.81. The van der Waals surface area contributed by atoms with E-state index in [4.69, 9.17) is 0 Å². The van der Waals surface area contributed by atoms with Gasteiger partial charge < -0.3 is 10.2 Å². The van der Waals surface area contributed by atoms with Crippen LogP contribution in [0.1, 0.15) is 33.1 Å². The molecular formula is C13H26N6S. The lowest BCUT2D eigenvalue weighted by Crippen LogP contribution is -2.27. The molecule has 1 aromatic rings. The third kappa shape index (κ3) is 5.38. The Labute approximate surface area is 125 Å². The first-order valence-electron chi connectivity index (χ1n) is 7.60. The van der Waals surface area contributed by atoms with Gasteiger partial charge in [-0.15, -0.1) is 5.10 Å². The summed E-state index contributed by atoms with van der Waals surface area (Å²) >= 11 is 1.77. The van der Waals surface area contributed by atoms with Crippen molar-refractivity contribution in [1.29, 1.82) is 0 Å². The predicted octanol–water partition coefficient (Wildman–Crippen LogP) is 1.25. The summed E-state index contributed by atoms with van der Waals surface area (Å²) in [7, 11) is 0. The van der Waals surface area contributed by atoms with E-state index in [0.717, 1.165) is 24.0 Å². The van der Waals surface area contributed by atoms with Gasteiger partial charge >= 0.3 is 0 Å². The van der Waals surface area contributed by atoms with Crippen molar-refractivity contribution in [3.63, 3.8) is 0 Å². The number of nitrogens with one attached hydrogen (secondary N) is 1. The van der Waals surface area contributed by atoms with E-state index in [2.05, 4.69) is 39.6 Å². The Kier molecular flexibility index (Phi) is 6.75. The van der Waals surface area contributed by atoms with Gasteiger partial charge in [-0.3, -0.25) is 0 Å². The van der Waals surface area contributed by atoms with Crippen molar-refractivity contribution >= 4 is 11.8 Å². The second kappa shape index (κ2) is 8.59. The van der Waals surface area contributed by atoms with Crippen molar-refractivity contribution < 1.29 is 0 Å². The van der Waals surface area contributed by atoms with Crippen LogP contribution in [0.2, 0.25) is 0 Å². The lowest BCUT2D eigenvalue weighted by atomic mass is 10.4. The van der Waals surface area contributed by atoms with Crippen molar-refractivity contribution in [2.24, 2.45) is 0 Å². The SMILES string of the molecule is CC(C)NCCn1nnnc1SCCCN1CCCC1. The molecule has 1 fully saturated rings. The normalized spacial score (nSPS) is 16.4. The fraction of sp³-hybridized carbons (Fsp3) is 0.923. The minimum Gasteiger partial charge on any atom is -0.313 e. The smallest absolute Gasteiger partial charge is 0.209 e. The van der Waals surface area contributed by atoms with Crippen LogP contribution in [0.25, 0.3) is 0 Å². The maximum atomic E-state index is 4.11. The van der Waals surface area contributed by atoms with Gasteiger partial charge in [-0.05, 0) is 49.3 Å². The van der Waals surface area contributed by atoms with E-state index in [9.17, 15) is 0 Å². The van der Waals surface area contributed by atoms with Crippen molar-refractivity contribution in [3.8, 4) is 0 Å². The predicted molar refractivity (Wildman–Crippen MR) is 82.0 cm³/mol. The minimum absolute atomic E-state index is 0.503. The molecule has 0 aliphatic carbocycles. The molecule has 2 heterocycles. The summed E-state index contributed by atoms with van der Waals surface area (Å²) in [6.07, 6.45) is 3.95. The highest BCUT2D eigenvalue weighted by atomic mass is 32.2. The lowest BCUT2D eigenvalue weighted by Gasteiger charge is -2.13. The molecule has 1 aliphatic heterocycles. The number of nitrogens with zero attached hydrogens (tertiary/aromatic N) is 5. The Hall–Kier alpha value is -0.660. The first-order chi connectivity index (χ1) is 9.75. The second-order valence-corrected chi connectivity index (χ2v) is 6.61. The van der Waals surface area contributed by atoms with Gasteiger partial charge in [-0.1, -0.05) is 25.6 Å². The molecule has 1 aromatic heterocycles. The summed E-state index contributed by atoms with van der Waals surface area (Å²) in [5.41, 5.74) is 0. The fourth-order valence-electron chi connectivity index (χ4n) is 2.36. The van der Waals surface area contributed by atoms with Crippen molar-refractivity contribution in [3.05, 3.63) is 0 Å². The Morgan fingerprint density at radius 2 is 2.05 bits per heavy atom. The van der Waals surface area contributed by atoms with Crippen LogP contribution in [0.15, 0.2) is 5.16 Å². The van der Waals surface area contributed by atoms with Crippen LogP contribution in [0.4, 0.5) is 0 Å². The Bertz CT molecular complexity index is 375. The highest BCUT2D eigenvalue weighted by Gasteiger charge is 2.11. The summed E-state index contributed by atoms with van der Waals surface area (Å²) < 4.78 is 1.90. The summed E-state index contributed by atoms with van der Waals surface area (Å²) in [6, 6.07) is 0.503. The number of rotatable bonds is 9. The number of aromatic nitrogens is 4. The molecule has 0 unspecified atom stereocenters. The molecular weight excluding hydrogens is 272 g/mol. The number of tetrazole rings is 1. The summed E-state index contributed by atoms with van der Waals surface area (Å²) in [4.78, 5) is 2.55. The van der Waals surface area contributed by atoms with Gasteiger partial charge in [-0.25, -0.2) is 4.68 Å². The Morgan fingerprint density at radius 1 is 1.25 bits per heavy atom. The zero-order valence-corrected chi connectivity index (χ0v) is 13.4. The van der Waals surface area contributed by atoms with Gasteiger partial charge in [0.15, 0.2) is 0 Å². The van der Waals surface area contributed by atoms with Gasteiger partial charge in [0.1, 0.15) is 0 Å². The molecule has 0 atom stereocenters. The third-order valence-electron chi connectivity index (χ3n) is 3.42. The largest absolute Gasteiger partial charge is 0.313 e. The molecule has 0 radical (unpaired) electrons. The summed E-state index contributed by atoms with van der Waals surface area (Å²) in [5.74, 6) is 1.09. The molecule has 114 valence electrons. The van der Waals surface area contributed by atoms with Crippen molar-refractivity contribution in [1.82, 2.24) is 30.4 Å². The van der Waals surface area contributed by atoms with Crippen LogP contribution < -0.4 is 5.32 Å². The van der Waals surface area contributed by atoms with Gasteiger partial charge in [0, 0.05) is 18.3 Å². The first kappa shape index (κ1) is 15.7. The summed E-state index contributed by atoms with van der Waals surface area (Å²) in [5, 5.41) is 16.3. The molecule has 7 heteroatoms. The molecule has 1 saturated heterocycles. The van der Waals surface area contributed by atoms with Gasteiger partial charge in [0.25, 0.3) is 0 Å². The van der Waals surface area contributed by atoms with Crippen LogP contribution in [0.5, 0.6) is 0 Å². The Balaban J connectivity index is 1.63. The number of thioether (sulfide) groups is 1. The van der Waals surface area contributed by atoms with E-state index in [1.165, 1.54) is 38.9 Å². The standard InChI is InChI=1S/C13H26N6S/c1-12(2)14-6-10-19-13(15-16-17-19)20-11-5-9-18-7-3-4-8-18/h12,14H,3-11H2,1-2H3. The second-order valence-electron chi connectivity index (χ2n) is 5.54. The van der Waals surface area contributed by atoms with Gasteiger partial charge in [0.05, 0.1) is 6.54 Å². The highest BCUT2D eigenvalue weighted by Crippen LogP contribution is 2.15. The van der Waals surface area contributed by atoms with Crippen LogP contribution in [0.3, 0.4) is 0 Å². The minimum atomic E-state index is 0.503. The van der Waals surface area contributed by atoms with Gasteiger partial charge in [-0.2, -0.15) is 0 Å². The number of hydrogen-bond acceptors (Lipinski definition) is 6. The van der Waals surface area contributed by atoms with E-state index in [1.54, 1.807) is 11.8 Å². The van der Waals surface area contributed by atoms with Gasteiger partial charge in [0.2, 0.25) is 5.16 Å². The monoisotopic (exact) mass is 298 g/mol. The van der Waals surface area contributed by atoms with Crippen LogP contribution in [0, 0.1) is 0 Å². The quantitative estimate of drug-likeness (QED) is 0.547. The van der Waals surface area contributed by atoms with E-state index < -0.39 is 0 Å². The first-order valence-corrected chi connectivity index (χ1v) is 8.59. The molecule has 0 amide bonds. The van der Waals surface area contributed by atoms with Crippen LogP contribution >= 0.6 is 11.8 Å². The average molecular weight is 298 g/mol. The van der Waals surface area contributed by atoms with E-state index in [-0.39, 0.29) is 0 Å². The topological polar surface area (TPSA) is 58.9 Å². The third-order valence-corrected chi connectivity index (χ3v) is 4.47. The molecule has 0 spiro atoms. The maximum absolute atomic E-state index is 4.11. The van der Waals surface area contributed by atoms with E-state index in [0.29, 0.717) is 6.04 Å². The molecule has 1 N–H and O–H groups in total. The molecule has 20 heavy (non-hydrogen) atoms. The molecule has 6 nitrogen and oxygen atoms in total. The Morgan fingerprint density at radius 3 is 2.80 bits per heavy atom. The van der Waals surface area contributed by atoms with E-state index >= 15 is 0 Å². The lowest BCUT2D eigenvalue weighted by molar-refractivity contribution is 0.341. The zero-order chi connectivity index (χ0) is 14.2. The van der Waals surface area contributed by atoms with Crippen LogP contribution in [-0.4, -0.2) is 63.1 Å². The fourth-order valence-corrected chi connectivity index (χ4v) is 3.18.